The van der Waals surface area contributed by atoms with Crippen molar-refractivity contribution < 1.29 is 4.74 Å². The Bertz CT molecular complexity index is 765. The minimum Gasteiger partial charge on any atom is -0.379 e. The lowest BCUT2D eigenvalue weighted by Crippen LogP contribution is -2.49. The van der Waals surface area contributed by atoms with Gasteiger partial charge in [0.05, 0.1) is 19.3 Å². The molecule has 2 aromatic carbocycles. The number of nitrogens with zero attached hydrogens (tertiary/aromatic N) is 1. The Balaban J connectivity index is 1.72. The van der Waals surface area contributed by atoms with Crippen LogP contribution < -0.4 is 10.6 Å². The Morgan fingerprint density at radius 2 is 1.81 bits per heavy atom. The van der Waals surface area contributed by atoms with E-state index >= 15 is 0 Å². The highest BCUT2D eigenvalue weighted by Crippen LogP contribution is 2.26. The van der Waals surface area contributed by atoms with E-state index in [0.717, 1.165) is 42.6 Å². The predicted molar refractivity (Wildman–Crippen MR) is 117 cm³/mol. The summed E-state index contributed by atoms with van der Waals surface area (Å²) in [6.07, 6.45) is 0. The van der Waals surface area contributed by atoms with E-state index in [9.17, 15) is 0 Å². The average molecular weight is 404 g/mol. The van der Waals surface area contributed by atoms with E-state index in [-0.39, 0.29) is 12.1 Å². The quantitative estimate of drug-likeness (QED) is 0.724. The van der Waals surface area contributed by atoms with Crippen molar-refractivity contribution in [2.75, 3.05) is 31.6 Å². The summed E-state index contributed by atoms with van der Waals surface area (Å²) in [5.74, 6) is 0. The third-order valence-corrected chi connectivity index (χ3v) is 5.56. The number of nitrogens with one attached hydrogen (secondary N) is 2. The molecule has 2 atom stereocenters. The normalized spacial score (nSPS) is 17.1. The number of ether oxygens (including phenoxy) is 1. The average Bonchev–Trinajstić information content (AvgIpc) is 2.67. The van der Waals surface area contributed by atoms with Crippen LogP contribution in [0.2, 0.25) is 5.02 Å². The molecule has 0 aromatic heterocycles. The van der Waals surface area contributed by atoms with Gasteiger partial charge in [-0.15, -0.1) is 0 Å². The van der Waals surface area contributed by atoms with Crippen molar-refractivity contribution in [3.05, 3.63) is 64.7 Å². The number of hydrogen-bond donors (Lipinski definition) is 2. The number of morpholine rings is 1. The molecule has 0 spiro atoms. The maximum atomic E-state index is 6.21. The molecule has 2 aromatic rings. The predicted octanol–water partition coefficient (Wildman–Crippen LogP) is 4.40. The summed E-state index contributed by atoms with van der Waals surface area (Å²) in [5, 5.41) is 8.08. The fourth-order valence-corrected chi connectivity index (χ4v) is 3.98. The van der Waals surface area contributed by atoms with Gasteiger partial charge in [0, 0.05) is 29.8 Å². The molecule has 0 amide bonds. The molecule has 0 saturated carbocycles. The van der Waals surface area contributed by atoms with Crippen molar-refractivity contribution in [2.24, 2.45) is 0 Å². The largest absolute Gasteiger partial charge is 0.379 e. The maximum absolute atomic E-state index is 6.21. The molecule has 1 aliphatic rings. The number of benzene rings is 2. The summed E-state index contributed by atoms with van der Waals surface area (Å²) in [4.78, 5) is 2.46. The molecule has 3 rings (SSSR count). The van der Waals surface area contributed by atoms with Gasteiger partial charge in [0.25, 0.3) is 0 Å². The molecule has 0 unspecified atom stereocenters. The summed E-state index contributed by atoms with van der Waals surface area (Å²) < 4.78 is 5.54. The Labute approximate surface area is 171 Å². The Morgan fingerprint density at radius 1 is 1.11 bits per heavy atom. The van der Waals surface area contributed by atoms with Crippen LogP contribution in [-0.2, 0) is 4.74 Å². The number of thiocarbonyl (C=S) groups is 1. The molecule has 0 aliphatic carbocycles. The van der Waals surface area contributed by atoms with Crippen LogP contribution in [0.5, 0.6) is 0 Å². The summed E-state index contributed by atoms with van der Waals surface area (Å²) in [7, 11) is 0. The first-order valence-electron chi connectivity index (χ1n) is 9.25. The van der Waals surface area contributed by atoms with Gasteiger partial charge in [-0.2, -0.15) is 0 Å². The lowest BCUT2D eigenvalue weighted by atomic mass is 9.98. The van der Waals surface area contributed by atoms with E-state index in [1.54, 1.807) is 0 Å². The topological polar surface area (TPSA) is 36.5 Å². The fourth-order valence-electron chi connectivity index (χ4n) is 3.51. The van der Waals surface area contributed by atoms with Gasteiger partial charge < -0.3 is 15.4 Å². The van der Waals surface area contributed by atoms with E-state index in [4.69, 9.17) is 28.6 Å². The lowest BCUT2D eigenvalue weighted by molar-refractivity contribution is 0.0102. The molecule has 1 fully saturated rings. The van der Waals surface area contributed by atoms with E-state index in [1.807, 2.05) is 31.2 Å². The molecule has 2 N–H and O–H groups in total. The van der Waals surface area contributed by atoms with Crippen LogP contribution in [0.1, 0.15) is 24.1 Å². The second kappa shape index (κ2) is 9.51. The van der Waals surface area contributed by atoms with Crippen molar-refractivity contribution in [2.45, 2.75) is 25.9 Å². The van der Waals surface area contributed by atoms with Gasteiger partial charge in [0.1, 0.15) is 0 Å². The Hall–Kier alpha value is -1.66. The van der Waals surface area contributed by atoms with Crippen molar-refractivity contribution in [3.8, 4) is 0 Å². The van der Waals surface area contributed by atoms with Crippen LogP contribution in [0.4, 0.5) is 5.69 Å². The Kier molecular flexibility index (Phi) is 7.07. The summed E-state index contributed by atoms with van der Waals surface area (Å²) >= 11 is 11.8. The molecule has 1 saturated heterocycles. The second-order valence-corrected chi connectivity index (χ2v) is 7.62. The smallest absolute Gasteiger partial charge is 0.171 e. The van der Waals surface area contributed by atoms with Gasteiger partial charge >= 0.3 is 0 Å². The highest BCUT2D eigenvalue weighted by Gasteiger charge is 2.28. The number of halogens is 1. The van der Waals surface area contributed by atoms with Gasteiger partial charge in [0.15, 0.2) is 5.11 Å². The van der Waals surface area contributed by atoms with Crippen LogP contribution in [0.25, 0.3) is 0 Å². The minimum absolute atomic E-state index is 0.130. The molecule has 0 bridgehead atoms. The fraction of sp³-hybridized carbons (Fsp3) is 0.381. The van der Waals surface area contributed by atoms with Gasteiger partial charge in [-0.1, -0.05) is 48.0 Å². The van der Waals surface area contributed by atoms with Gasteiger partial charge in [-0.3, -0.25) is 4.90 Å². The van der Waals surface area contributed by atoms with E-state index in [1.165, 1.54) is 5.56 Å². The third kappa shape index (κ3) is 5.20. The van der Waals surface area contributed by atoms with Gasteiger partial charge in [-0.25, -0.2) is 0 Å². The monoisotopic (exact) mass is 403 g/mol. The van der Waals surface area contributed by atoms with Gasteiger partial charge in [-0.05, 0) is 49.3 Å². The van der Waals surface area contributed by atoms with Crippen molar-refractivity contribution in [3.63, 3.8) is 0 Å². The highest BCUT2D eigenvalue weighted by molar-refractivity contribution is 7.80. The minimum atomic E-state index is 0.130. The first-order valence-corrected chi connectivity index (χ1v) is 10.0. The zero-order chi connectivity index (χ0) is 19.2. The lowest BCUT2D eigenvalue weighted by Gasteiger charge is -2.38. The number of anilines is 1. The first kappa shape index (κ1) is 20.1. The molecule has 4 nitrogen and oxygen atoms in total. The van der Waals surface area contributed by atoms with Crippen LogP contribution >= 0.6 is 23.8 Å². The molecular formula is C21H26ClN3OS. The van der Waals surface area contributed by atoms with Crippen molar-refractivity contribution in [1.82, 2.24) is 10.2 Å². The number of rotatable bonds is 5. The second-order valence-electron chi connectivity index (χ2n) is 6.80. The molecule has 1 heterocycles. The van der Waals surface area contributed by atoms with Crippen LogP contribution in [0, 0.1) is 6.92 Å². The van der Waals surface area contributed by atoms with Gasteiger partial charge in [0.2, 0.25) is 0 Å². The van der Waals surface area contributed by atoms with Crippen molar-refractivity contribution in [1.29, 1.82) is 0 Å². The standard InChI is InChI=1S/C21H26ClN3OS/c1-15-18(22)9-6-10-19(15)24-21(27)23-16(2)20(17-7-4-3-5-8-17)25-11-13-26-14-12-25/h3-10,16,20H,11-14H2,1-2H3,(H2,23,24,27)/t16-,20-/m1/s1. The maximum Gasteiger partial charge on any atom is 0.171 e. The molecular weight excluding hydrogens is 378 g/mol. The summed E-state index contributed by atoms with van der Waals surface area (Å²) in [5.41, 5.74) is 3.19. The third-order valence-electron chi connectivity index (χ3n) is 4.93. The highest BCUT2D eigenvalue weighted by atomic mass is 35.5. The molecule has 144 valence electrons. The molecule has 6 heteroatoms. The zero-order valence-corrected chi connectivity index (χ0v) is 17.3. The SMILES string of the molecule is Cc1c(Cl)cccc1NC(=S)N[C@H](C)[C@H](c1ccccc1)N1CCOCC1. The molecule has 27 heavy (non-hydrogen) atoms. The van der Waals surface area contributed by atoms with Crippen LogP contribution in [0.15, 0.2) is 48.5 Å². The van der Waals surface area contributed by atoms with E-state index < -0.39 is 0 Å². The van der Waals surface area contributed by atoms with E-state index in [2.05, 4.69) is 46.7 Å². The van der Waals surface area contributed by atoms with Crippen LogP contribution in [-0.4, -0.2) is 42.4 Å². The van der Waals surface area contributed by atoms with Crippen LogP contribution in [0.3, 0.4) is 0 Å². The molecule has 0 radical (unpaired) electrons. The zero-order valence-electron chi connectivity index (χ0n) is 15.7. The first-order chi connectivity index (χ1) is 13.1. The number of hydrogen-bond acceptors (Lipinski definition) is 3. The van der Waals surface area contributed by atoms with E-state index in [0.29, 0.717) is 5.11 Å². The summed E-state index contributed by atoms with van der Waals surface area (Å²) in [6, 6.07) is 16.7. The Morgan fingerprint density at radius 3 is 2.52 bits per heavy atom. The van der Waals surface area contributed by atoms with Crippen molar-refractivity contribution >= 4 is 34.6 Å². The summed E-state index contributed by atoms with van der Waals surface area (Å²) in [6.45, 7) is 7.52. The molecule has 1 aliphatic heterocycles.